The second-order valence-electron chi connectivity index (χ2n) is 34.6. The number of unbranched alkanes of at least 4 members (excludes halogenated alkanes) is 48. The molecule has 4 aromatic carbocycles. The molecule has 2 aliphatic heterocycles. The molecule has 674 valence electrons. The zero-order chi connectivity index (χ0) is 86.1. The van der Waals surface area contributed by atoms with Crippen LogP contribution in [0.3, 0.4) is 0 Å². The van der Waals surface area contributed by atoms with Crippen LogP contribution in [0.25, 0.3) is 89.7 Å². The van der Waals surface area contributed by atoms with Crippen LogP contribution in [0, 0.1) is 0 Å². The molecule has 0 radical (unpaired) electrons. The van der Waals surface area contributed by atoms with Gasteiger partial charge in [0.05, 0.1) is 23.3 Å². The fourth-order valence-corrected chi connectivity index (χ4v) is 25.7. The van der Waals surface area contributed by atoms with Gasteiger partial charge in [-0.15, -0.1) is 94.1 Å². The van der Waals surface area contributed by atoms with E-state index < -0.39 is 0 Å². The van der Waals surface area contributed by atoms with Crippen molar-refractivity contribution in [2.45, 2.75) is 454 Å². The molecule has 9 nitrogen and oxygen atoms in total. The van der Waals surface area contributed by atoms with Gasteiger partial charge in [-0.3, -0.25) is 0 Å². The van der Waals surface area contributed by atoms with E-state index in [-0.39, 0.29) is 0 Å². The molecule has 0 saturated heterocycles. The maximum atomic E-state index is 8.25. The van der Waals surface area contributed by atoms with Crippen LogP contribution in [0.4, 0.5) is 0 Å². The molecule has 0 spiro atoms. The van der Waals surface area contributed by atoms with Crippen molar-refractivity contribution in [1.29, 1.82) is 0 Å². The average Bonchev–Trinajstić information content (AvgIpc) is 1.59. The van der Waals surface area contributed by atoms with E-state index in [0.717, 1.165) is 110 Å². The molecule has 0 fully saturated rings. The van der Waals surface area contributed by atoms with Crippen LogP contribution in [0.1, 0.15) is 415 Å². The van der Waals surface area contributed by atoms with Gasteiger partial charge in [0.1, 0.15) is 0 Å². The Bertz CT molecular complexity index is 3670. The summed E-state index contributed by atoms with van der Waals surface area (Å²) in [5.41, 5.74) is 6.75. The number of hydrogen-bond donors (Lipinski definition) is 0. The van der Waals surface area contributed by atoms with Gasteiger partial charge in [0, 0.05) is 84.0 Å². The molecule has 9 rings (SSSR count). The van der Waals surface area contributed by atoms with Crippen molar-refractivity contribution in [1.82, 2.24) is 39.9 Å². The van der Waals surface area contributed by atoms with Crippen molar-refractivity contribution in [2.24, 2.45) is 0 Å². The third-order valence-electron chi connectivity index (χ3n) is 24.0. The quantitative estimate of drug-likeness (QED) is 0.0204. The Balaban J connectivity index is 0.00000917. The number of aromatic nitrogens is 8. The van der Waals surface area contributed by atoms with Crippen LogP contribution >= 0.6 is 94.1 Å². The summed E-state index contributed by atoms with van der Waals surface area (Å²) in [7, 11) is 0. The Morgan fingerprint density at radius 3 is 0.467 bits per heavy atom. The van der Waals surface area contributed by atoms with Crippen LogP contribution in [0.15, 0.2) is 87.7 Å². The maximum absolute atomic E-state index is 8.25. The van der Waals surface area contributed by atoms with Crippen molar-refractivity contribution in [3.63, 3.8) is 0 Å². The zero-order valence-electron chi connectivity index (χ0n) is 77.6. The summed E-state index contributed by atoms with van der Waals surface area (Å²) in [6, 6.07) is 19.7. The van der Waals surface area contributed by atoms with Crippen molar-refractivity contribution in [2.75, 3.05) is 46.0 Å². The summed E-state index contributed by atoms with van der Waals surface area (Å²) in [5, 5.41) is 4.10. The number of thioether (sulfide) groups is 8. The molecular formula is C104H160N8OS8Ti. The van der Waals surface area contributed by atoms with Gasteiger partial charge in [-0.1, -0.05) is 364 Å². The van der Waals surface area contributed by atoms with Gasteiger partial charge in [0.2, 0.25) is 0 Å². The van der Waals surface area contributed by atoms with Crippen molar-refractivity contribution < 1.29 is 23.7 Å². The van der Waals surface area contributed by atoms with Gasteiger partial charge < -0.3 is 29.9 Å². The first-order chi connectivity index (χ1) is 60.3. The Hall–Kier alpha value is -2.45. The van der Waals surface area contributed by atoms with Crippen molar-refractivity contribution in [3.05, 3.63) is 48.5 Å². The second-order valence-corrected chi connectivity index (χ2v) is 43.7. The van der Waals surface area contributed by atoms with Crippen LogP contribution in [-0.4, -0.2) is 75.9 Å². The summed E-state index contributed by atoms with van der Waals surface area (Å²) in [6.07, 6.45) is 72.7. The SMILES string of the molecule is CCCCCCCCCSc1cc2c(cc1SCCCCCCCCC)-c1nc-2nc2[n-]c(nc3nc(nc4[n-]c(n1)c1cc(SCCCCCCCCC)c(SCCCCCCCCC)cc41)-c1cc(SCCCCCCCCC)c(SCCCCCCCCC)cc1-3)c1cc(SCCCCCCCCC)c(SCCCCCCCCC)cc21.[O]=[Ti+2]. The van der Waals surface area contributed by atoms with Gasteiger partial charge in [-0.25, -0.2) is 9.97 Å². The van der Waals surface area contributed by atoms with E-state index in [0.29, 0.717) is 45.9 Å². The van der Waals surface area contributed by atoms with Gasteiger partial charge in [-0.05, 0) is 167 Å². The molecule has 122 heavy (non-hydrogen) atoms. The molecule has 8 bridgehead atoms. The molecular weight excluding hydrogens is 1680 g/mol. The summed E-state index contributed by atoms with van der Waals surface area (Å²) < 4.78 is 8.25. The van der Waals surface area contributed by atoms with E-state index >= 15 is 0 Å². The molecule has 2 aliphatic rings. The normalized spacial score (nSPS) is 11.9. The number of hydrogen-bond acceptors (Lipinski definition) is 15. The summed E-state index contributed by atoms with van der Waals surface area (Å²) in [6.45, 7) is 18.6. The molecule has 0 N–H and O–H groups in total. The van der Waals surface area contributed by atoms with Crippen LogP contribution in [0.2, 0.25) is 0 Å². The molecule has 18 heteroatoms. The summed E-state index contributed by atoms with van der Waals surface area (Å²) in [5.74, 6) is 11.3. The number of nitrogens with zero attached hydrogens (tertiary/aromatic N) is 8. The van der Waals surface area contributed by atoms with Crippen LogP contribution in [-0.2, 0) is 23.7 Å². The topological polar surface area (TPSA) is 123 Å². The predicted octanol–water partition coefficient (Wildman–Crippen LogP) is 36.7. The Labute approximate surface area is 788 Å². The minimum absolute atomic E-state index is 0.664. The molecule has 0 atom stereocenters. The molecule has 7 aromatic rings. The molecule has 3 aromatic heterocycles. The van der Waals surface area contributed by atoms with Gasteiger partial charge >= 0.3 is 23.7 Å². The fourth-order valence-electron chi connectivity index (χ4n) is 16.5. The first-order valence-corrected chi connectivity index (χ1v) is 58.5. The van der Waals surface area contributed by atoms with Crippen molar-refractivity contribution in [3.8, 4) is 45.6 Å². The molecule has 5 heterocycles. The zero-order valence-corrected chi connectivity index (χ0v) is 85.7. The Morgan fingerprint density at radius 2 is 0.320 bits per heavy atom. The van der Waals surface area contributed by atoms with E-state index in [1.165, 1.54) is 399 Å². The average molecular weight is 1840 g/mol. The van der Waals surface area contributed by atoms with Gasteiger partial charge in [0.15, 0.2) is 0 Å². The number of fused-ring (bicyclic) bond motifs is 20. The van der Waals surface area contributed by atoms with Crippen LogP contribution in [0.5, 0.6) is 0 Å². The first-order valence-electron chi connectivity index (χ1n) is 50.0. The summed E-state index contributed by atoms with van der Waals surface area (Å²) >= 11 is 17.1. The number of benzene rings is 4. The molecule has 0 amide bonds. The summed E-state index contributed by atoms with van der Waals surface area (Å²) in [4.78, 5) is 57.2. The molecule has 0 aliphatic carbocycles. The van der Waals surface area contributed by atoms with Crippen LogP contribution < -0.4 is 9.97 Å². The van der Waals surface area contributed by atoms with Crippen molar-refractivity contribution >= 4 is 138 Å². The van der Waals surface area contributed by atoms with Gasteiger partial charge in [0.25, 0.3) is 0 Å². The van der Waals surface area contributed by atoms with E-state index in [1.807, 2.05) is 94.1 Å². The standard InChI is InChI=1S/C104H160N8S8.O.Ti/c1-9-17-25-33-41-49-57-65-113-89-73-81-82(74-90(89)114-66-58-50-42-34-26-18-10-2)98-105-97(81)109-99-83-75-91(115-67-59-51-43-35-27-19-11-3)92(116-68-60-52-44-36-28-20-12-4)76-84(83)101(106-99)111-103-87-79-95(119-71-63-55-47-39-31-23-15-7)96(120-72-64-56-48-40-32-24-16-8)80-88(87)104(108-103)112-102-86-78-94(118-70-62-54-46-38-30-22-14-6)93(77-85(86)100(107-102)110-98)117-69-61-53-45-37-29-21-13-5;;/h73-80H,9-72H2,1-8H3;;/q-2;;+2. The molecule has 0 unspecified atom stereocenters. The Morgan fingerprint density at radius 1 is 0.189 bits per heavy atom. The Kier molecular flexibility index (Phi) is 56.8. The van der Waals surface area contributed by atoms with E-state index in [4.69, 9.17) is 43.2 Å². The van der Waals surface area contributed by atoms with E-state index in [1.54, 1.807) is 0 Å². The second kappa shape index (κ2) is 66.0. The number of rotatable bonds is 72. The monoisotopic (exact) mass is 1840 g/mol. The third-order valence-corrected chi connectivity index (χ3v) is 33.7. The third kappa shape index (κ3) is 37.8. The predicted molar refractivity (Wildman–Crippen MR) is 544 cm³/mol. The van der Waals surface area contributed by atoms with Gasteiger partial charge in [-0.2, -0.15) is 0 Å². The van der Waals surface area contributed by atoms with E-state index in [2.05, 4.69) is 104 Å². The fraction of sp³-hybridized carbons (Fsp3) is 0.692. The van der Waals surface area contributed by atoms with E-state index in [9.17, 15) is 0 Å². The molecule has 0 saturated carbocycles. The minimum atomic E-state index is 0.664. The first kappa shape index (κ1) is 105.